The Morgan fingerprint density at radius 1 is 1.48 bits per heavy atom. The van der Waals surface area contributed by atoms with Crippen LogP contribution < -0.4 is 4.72 Å². The van der Waals surface area contributed by atoms with Crippen molar-refractivity contribution in [3.63, 3.8) is 0 Å². The van der Waals surface area contributed by atoms with Gasteiger partial charge in [0.2, 0.25) is 10.0 Å². The first-order valence-corrected chi connectivity index (χ1v) is 9.36. The summed E-state index contributed by atoms with van der Waals surface area (Å²) in [6.07, 6.45) is 1.58. The van der Waals surface area contributed by atoms with Crippen molar-refractivity contribution in [3.05, 3.63) is 39.6 Å². The van der Waals surface area contributed by atoms with E-state index in [2.05, 4.69) is 20.7 Å². The van der Waals surface area contributed by atoms with Crippen molar-refractivity contribution in [3.8, 4) is 0 Å². The molecule has 0 aliphatic heterocycles. The minimum absolute atomic E-state index is 0.153. The van der Waals surface area contributed by atoms with E-state index in [9.17, 15) is 8.42 Å². The molecule has 0 radical (unpaired) electrons. The Balaban J connectivity index is 2.13. The molecule has 0 saturated heterocycles. The van der Waals surface area contributed by atoms with Gasteiger partial charge in [-0.05, 0) is 60.7 Å². The number of halogens is 1. The quantitative estimate of drug-likeness (QED) is 0.820. The summed E-state index contributed by atoms with van der Waals surface area (Å²) in [6, 6.07) is 5.14. The summed E-state index contributed by atoms with van der Waals surface area (Å²) in [7, 11) is 0.253. The van der Waals surface area contributed by atoms with Gasteiger partial charge in [0.15, 0.2) is 0 Å². The van der Waals surface area contributed by atoms with Crippen LogP contribution >= 0.6 is 27.3 Å². The zero-order chi connectivity index (χ0) is 15.6. The van der Waals surface area contributed by atoms with E-state index in [1.807, 2.05) is 32.0 Å². The molecule has 0 aliphatic rings. The number of nitrogens with zero attached hydrogens (tertiary/aromatic N) is 1. The highest BCUT2D eigenvalue weighted by Crippen LogP contribution is 2.30. The summed E-state index contributed by atoms with van der Waals surface area (Å²) in [5.74, 6) is 0.728. The van der Waals surface area contributed by atoms with E-state index in [-0.39, 0.29) is 12.6 Å². The van der Waals surface area contributed by atoms with Crippen LogP contribution in [0.3, 0.4) is 0 Å². The molecule has 0 fully saturated rings. The van der Waals surface area contributed by atoms with Gasteiger partial charge in [-0.25, -0.2) is 13.1 Å². The first-order chi connectivity index (χ1) is 9.81. The van der Waals surface area contributed by atoms with Crippen LogP contribution in [0.5, 0.6) is 0 Å². The average molecular weight is 393 g/mol. The maximum atomic E-state index is 12.3. The van der Waals surface area contributed by atoms with E-state index in [0.717, 1.165) is 15.1 Å². The van der Waals surface area contributed by atoms with Gasteiger partial charge in [-0.3, -0.25) is 4.90 Å². The third-order valence-corrected chi connectivity index (χ3v) is 7.09. The normalized spacial score (nSPS) is 13.8. The third kappa shape index (κ3) is 3.95. The van der Waals surface area contributed by atoms with Crippen molar-refractivity contribution in [2.24, 2.45) is 0 Å². The fourth-order valence-electron chi connectivity index (χ4n) is 1.84. The Bertz CT molecular complexity index is 674. The highest BCUT2D eigenvalue weighted by atomic mass is 79.9. The molecule has 21 heavy (non-hydrogen) atoms. The van der Waals surface area contributed by atoms with Gasteiger partial charge in [0, 0.05) is 6.54 Å². The number of sulfonamides is 1. The Hall–Kier alpha value is -0.670. The number of hydrogen-bond donors (Lipinski definition) is 1. The Morgan fingerprint density at radius 3 is 2.67 bits per heavy atom. The van der Waals surface area contributed by atoms with Gasteiger partial charge in [0.25, 0.3) is 0 Å². The molecule has 5 nitrogen and oxygen atoms in total. The molecular weight excluding hydrogens is 376 g/mol. The van der Waals surface area contributed by atoms with Crippen molar-refractivity contribution >= 4 is 37.3 Å². The van der Waals surface area contributed by atoms with Crippen LogP contribution in [0, 0.1) is 6.92 Å². The molecule has 8 heteroatoms. The van der Waals surface area contributed by atoms with Gasteiger partial charge in [0.1, 0.15) is 9.97 Å². The number of likely N-dealkylation sites (N-methyl/N-ethyl adjacent to an activating group) is 1. The van der Waals surface area contributed by atoms with Gasteiger partial charge in [-0.2, -0.15) is 0 Å². The van der Waals surface area contributed by atoms with Crippen LogP contribution in [0.4, 0.5) is 0 Å². The van der Waals surface area contributed by atoms with E-state index in [0.29, 0.717) is 4.21 Å². The van der Waals surface area contributed by atoms with Crippen LogP contribution in [0.25, 0.3) is 0 Å². The molecule has 0 spiro atoms. The number of aryl methyl sites for hydroxylation is 1. The Labute approximate surface area is 137 Å². The smallest absolute Gasteiger partial charge is 0.250 e. The zero-order valence-corrected chi connectivity index (χ0v) is 15.2. The minimum atomic E-state index is -3.51. The molecule has 1 N–H and O–H groups in total. The van der Waals surface area contributed by atoms with Crippen LogP contribution in [-0.2, 0) is 10.0 Å². The standard InChI is InChI=1S/C13H17BrN2O3S2/c1-9-7-12(20-13(9)14)21(17,18)15-8-10(16(2)3)11-5-4-6-19-11/h4-7,10,15H,8H2,1-3H3. The maximum Gasteiger partial charge on any atom is 0.250 e. The number of rotatable bonds is 6. The number of nitrogens with one attached hydrogen (secondary N) is 1. The molecule has 2 aromatic heterocycles. The first kappa shape index (κ1) is 16.7. The largest absolute Gasteiger partial charge is 0.468 e. The molecule has 2 rings (SSSR count). The molecule has 0 aliphatic carbocycles. The number of hydrogen-bond acceptors (Lipinski definition) is 5. The summed E-state index contributed by atoms with van der Waals surface area (Å²) in [6.45, 7) is 2.11. The number of thiophene rings is 1. The molecule has 0 saturated carbocycles. The fourth-order valence-corrected chi connectivity index (χ4v) is 5.15. The Morgan fingerprint density at radius 2 is 2.19 bits per heavy atom. The van der Waals surface area contributed by atoms with Crippen molar-refractivity contribution in [2.75, 3.05) is 20.6 Å². The summed E-state index contributed by atoms with van der Waals surface area (Å²) in [5, 5.41) is 0. The van der Waals surface area contributed by atoms with Crippen LogP contribution in [0.1, 0.15) is 17.4 Å². The molecule has 2 aromatic rings. The molecule has 0 bridgehead atoms. The van der Waals surface area contributed by atoms with Crippen molar-refractivity contribution in [1.29, 1.82) is 0 Å². The van der Waals surface area contributed by atoms with Gasteiger partial charge in [-0.15, -0.1) is 11.3 Å². The summed E-state index contributed by atoms with van der Waals surface area (Å²) < 4.78 is 33.8. The predicted molar refractivity (Wildman–Crippen MR) is 87.1 cm³/mol. The lowest BCUT2D eigenvalue weighted by atomic mass is 10.2. The second-order valence-corrected chi connectivity index (χ2v) is 9.23. The van der Waals surface area contributed by atoms with Crippen molar-refractivity contribution in [2.45, 2.75) is 17.2 Å². The third-order valence-electron chi connectivity index (χ3n) is 3.06. The lowest BCUT2D eigenvalue weighted by molar-refractivity contribution is 0.259. The fraction of sp³-hybridized carbons (Fsp3) is 0.385. The molecule has 0 aromatic carbocycles. The zero-order valence-electron chi connectivity index (χ0n) is 12.0. The second-order valence-electron chi connectivity index (χ2n) is 4.87. The van der Waals surface area contributed by atoms with E-state index >= 15 is 0 Å². The highest BCUT2D eigenvalue weighted by Gasteiger charge is 2.23. The summed E-state index contributed by atoms with van der Waals surface area (Å²) >= 11 is 4.55. The average Bonchev–Trinajstić information content (AvgIpc) is 3.01. The molecular formula is C13H17BrN2O3S2. The van der Waals surface area contributed by atoms with E-state index in [1.54, 1.807) is 18.4 Å². The highest BCUT2D eigenvalue weighted by molar-refractivity contribution is 9.11. The van der Waals surface area contributed by atoms with Crippen molar-refractivity contribution in [1.82, 2.24) is 9.62 Å². The lowest BCUT2D eigenvalue weighted by Gasteiger charge is -2.22. The number of furan rings is 1. The van der Waals surface area contributed by atoms with Gasteiger partial charge in [-0.1, -0.05) is 0 Å². The summed E-state index contributed by atoms with van der Waals surface area (Å²) in [4.78, 5) is 1.91. The topological polar surface area (TPSA) is 62.6 Å². The van der Waals surface area contributed by atoms with Crippen LogP contribution in [-0.4, -0.2) is 34.0 Å². The minimum Gasteiger partial charge on any atom is -0.468 e. The van der Waals surface area contributed by atoms with E-state index in [1.165, 1.54) is 11.3 Å². The van der Waals surface area contributed by atoms with Crippen molar-refractivity contribution < 1.29 is 12.8 Å². The van der Waals surface area contributed by atoms with E-state index < -0.39 is 10.0 Å². The van der Waals surface area contributed by atoms with Crippen LogP contribution in [0.2, 0.25) is 0 Å². The van der Waals surface area contributed by atoms with Gasteiger partial charge in [0.05, 0.1) is 16.1 Å². The molecule has 0 amide bonds. The second kappa shape index (κ2) is 6.62. The van der Waals surface area contributed by atoms with Crippen LogP contribution in [0.15, 0.2) is 36.9 Å². The SMILES string of the molecule is Cc1cc(S(=O)(=O)NCC(c2ccco2)N(C)C)sc1Br. The molecule has 2 heterocycles. The predicted octanol–water partition coefficient (Wildman–Crippen LogP) is 2.99. The molecule has 1 unspecified atom stereocenters. The Kier molecular flexibility index (Phi) is 5.26. The summed E-state index contributed by atoms with van der Waals surface area (Å²) in [5.41, 5.74) is 0.913. The monoisotopic (exact) mass is 392 g/mol. The molecule has 1 atom stereocenters. The lowest BCUT2D eigenvalue weighted by Crippen LogP contribution is -2.34. The van der Waals surface area contributed by atoms with E-state index in [4.69, 9.17) is 4.42 Å². The molecule has 116 valence electrons. The van der Waals surface area contributed by atoms with Gasteiger partial charge < -0.3 is 4.42 Å². The maximum absolute atomic E-state index is 12.3. The van der Waals surface area contributed by atoms with Gasteiger partial charge >= 0.3 is 0 Å². The first-order valence-electron chi connectivity index (χ1n) is 6.26.